The van der Waals surface area contributed by atoms with Gasteiger partial charge < -0.3 is 9.47 Å². The number of nitro benzene ring substituents is 2. The first-order valence-electron chi connectivity index (χ1n) is 11.0. The molecule has 198 valence electrons. The minimum atomic E-state index is -0.937. The van der Waals surface area contributed by atoms with Crippen molar-refractivity contribution < 1.29 is 33.7 Å². The molecule has 3 aromatic carbocycles. The van der Waals surface area contributed by atoms with Crippen molar-refractivity contribution in [2.75, 3.05) is 12.0 Å². The van der Waals surface area contributed by atoms with Crippen LogP contribution >= 0.6 is 11.6 Å². The van der Waals surface area contributed by atoms with Gasteiger partial charge in [0.05, 0.1) is 28.7 Å². The second-order valence-corrected chi connectivity index (χ2v) is 8.48. The second kappa shape index (κ2) is 10.6. The van der Waals surface area contributed by atoms with Gasteiger partial charge in [0.15, 0.2) is 11.5 Å². The van der Waals surface area contributed by atoms with Crippen molar-refractivity contribution in [1.82, 2.24) is 5.32 Å². The Morgan fingerprint density at radius 1 is 0.923 bits per heavy atom. The van der Waals surface area contributed by atoms with Gasteiger partial charge in [-0.3, -0.25) is 35.1 Å². The highest BCUT2D eigenvalue weighted by Gasteiger charge is 2.37. The minimum Gasteiger partial charge on any atom is -0.493 e. The maximum absolute atomic E-state index is 13.2. The molecule has 0 aliphatic carbocycles. The summed E-state index contributed by atoms with van der Waals surface area (Å²) in [6, 6.07) is 10.7. The molecule has 4 rings (SSSR count). The number of ether oxygens (including phenoxy) is 2. The third-order valence-corrected chi connectivity index (χ3v) is 5.99. The molecule has 13 nitrogen and oxygen atoms in total. The summed E-state index contributed by atoms with van der Waals surface area (Å²) < 4.78 is 10.9. The van der Waals surface area contributed by atoms with Crippen LogP contribution in [0.3, 0.4) is 0 Å². The quantitative estimate of drug-likeness (QED) is 0.184. The molecule has 0 radical (unpaired) electrons. The van der Waals surface area contributed by atoms with Gasteiger partial charge in [0.1, 0.15) is 5.57 Å². The molecule has 0 aromatic heterocycles. The predicted molar refractivity (Wildman–Crippen MR) is 138 cm³/mol. The van der Waals surface area contributed by atoms with Crippen molar-refractivity contribution in [3.63, 3.8) is 0 Å². The third-order valence-electron chi connectivity index (χ3n) is 5.58. The average Bonchev–Trinajstić information content (AvgIpc) is 2.89. The van der Waals surface area contributed by atoms with Gasteiger partial charge in [-0.15, -0.1) is 0 Å². The molecule has 0 saturated carbocycles. The fourth-order valence-electron chi connectivity index (χ4n) is 3.60. The Bertz CT molecular complexity index is 1600. The number of nitrogens with one attached hydrogen (secondary N) is 1. The highest BCUT2D eigenvalue weighted by molar-refractivity contribution is 6.39. The number of aryl methyl sites for hydroxylation is 1. The number of anilines is 1. The zero-order chi connectivity index (χ0) is 28.4. The van der Waals surface area contributed by atoms with Crippen LogP contribution in [0.4, 0.5) is 21.9 Å². The van der Waals surface area contributed by atoms with Crippen LogP contribution in [-0.2, 0) is 9.59 Å². The number of halogens is 1. The lowest BCUT2D eigenvalue weighted by Gasteiger charge is -2.26. The van der Waals surface area contributed by atoms with Crippen LogP contribution in [0.2, 0.25) is 5.02 Å². The Morgan fingerprint density at radius 2 is 1.64 bits per heavy atom. The largest absolute Gasteiger partial charge is 0.493 e. The molecule has 1 N–H and O–H groups in total. The monoisotopic (exact) mass is 552 g/mol. The smallest absolute Gasteiger partial charge is 0.335 e. The molecule has 0 atom stereocenters. The number of carbonyl (C=O) groups is 3. The Hall–Kier alpha value is -5.30. The van der Waals surface area contributed by atoms with Gasteiger partial charge in [0.25, 0.3) is 17.5 Å². The first kappa shape index (κ1) is 26.8. The number of non-ortho nitro benzene ring substituents is 1. The fourth-order valence-corrected chi connectivity index (χ4v) is 3.78. The van der Waals surface area contributed by atoms with E-state index >= 15 is 0 Å². The van der Waals surface area contributed by atoms with Crippen molar-refractivity contribution >= 4 is 52.6 Å². The lowest BCUT2D eigenvalue weighted by atomic mass is 10.1. The fraction of sp³-hybridized carbons (Fsp3) is 0.0800. The summed E-state index contributed by atoms with van der Waals surface area (Å²) in [6.45, 7) is 1.75. The van der Waals surface area contributed by atoms with Gasteiger partial charge in [-0.1, -0.05) is 23.7 Å². The van der Waals surface area contributed by atoms with E-state index in [2.05, 4.69) is 5.32 Å². The van der Waals surface area contributed by atoms with E-state index < -0.39 is 39.1 Å². The third kappa shape index (κ3) is 5.38. The molecule has 0 spiro atoms. The molecular weight excluding hydrogens is 536 g/mol. The standard InChI is InChI=1S/C25H17ClN4O9/c1-13-3-5-15(11-18(13)26)28-24(32)17(23(31)27-25(28)33)9-14-4-7-21(22(10-14)38-2)39-20-8-6-16(29(34)35)12-19(20)30(36)37/h3-12H,1-2H3,(H,27,31,33)/b17-9+. The number of nitro groups is 2. The first-order valence-corrected chi connectivity index (χ1v) is 11.3. The van der Waals surface area contributed by atoms with Gasteiger partial charge in [-0.2, -0.15) is 0 Å². The molecule has 1 heterocycles. The van der Waals surface area contributed by atoms with E-state index in [4.69, 9.17) is 21.1 Å². The molecule has 1 aliphatic heterocycles. The molecule has 3 aromatic rings. The number of rotatable bonds is 7. The summed E-state index contributed by atoms with van der Waals surface area (Å²) in [6.07, 6.45) is 1.23. The maximum Gasteiger partial charge on any atom is 0.335 e. The molecule has 39 heavy (non-hydrogen) atoms. The lowest BCUT2D eigenvalue weighted by Crippen LogP contribution is -2.54. The molecule has 14 heteroatoms. The Balaban J connectivity index is 1.67. The number of hydrogen-bond acceptors (Lipinski definition) is 9. The molecule has 4 amide bonds. The summed E-state index contributed by atoms with van der Waals surface area (Å²) in [4.78, 5) is 59.7. The van der Waals surface area contributed by atoms with Gasteiger partial charge in [-0.05, 0) is 54.5 Å². The van der Waals surface area contributed by atoms with Crippen molar-refractivity contribution in [3.05, 3.63) is 96.5 Å². The second-order valence-electron chi connectivity index (χ2n) is 8.07. The number of imide groups is 2. The average molecular weight is 553 g/mol. The Morgan fingerprint density at radius 3 is 2.28 bits per heavy atom. The number of methoxy groups -OCH3 is 1. The molecule has 1 saturated heterocycles. The molecule has 1 aliphatic rings. The number of barbiturate groups is 1. The van der Waals surface area contributed by atoms with Gasteiger partial charge in [0.2, 0.25) is 5.75 Å². The van der Waals surface area contributed by atoms with Crippen molar-refractivity contribution in [1.29, 1.82) is 0 Å². The molecule has 0 unspecified atom stereocenters. The summed E-state index contributed by atoms with van der Waals surface area (Å²) >= 11 is 6.13. The molecule has 0 bridgehead atoms. The minimum absolute atomic E-state index is 0.0159. The van der Waals surface area contributed by atoms with Gasteiger partial charge >= 0.3 is 11.7 Å². The number of carbonyl (C=O) groups excluding carboxylic acids is 3. The number of nitrogens with zero attached hydrogens (tertiary/aromatic N) is 3. The highest BCUT2D eigenvalue weighted by atomic mass is 35.5. The van der Waals surface area contributed by atoms with Crippen molar-refractivity contribution in [3.8, 4) is 17.2 Å². The van der Waals surface area contributed by atoms with E-state index in [1.54, 1.807) is 13.0 Å². The maximum atomic E-state index is 13.2. The zero-order valence-electron chi connectivity index (χ0n) is 20.2. The van der Waals surface area contributed by atoms with Gasteiger partial charge in [-0.25, -0.2) is 9.69 Å². The van der Waals surface area contributed by atoms with Crippen LogP contribution in [-0.4, -0.2) is 34.8 Å². The van der Waals surface area contributed by atoms with Crippen molar-refractivity contribution in [2.45, 2.75) is 6.92 Å². The topological polar surface area (TPSA) is 171 Å². The number of amides is 4. The van der Waals surface area contributed by atoms with Crippen LogP contribution < -0.4 is 19.7 Å². The zero-order valence-corrected chi connectivity index (χ0v) is 20.9. The number of hydrogen-bond donors (Lipinski definition) is 1. The van der Waals surface area contributed by atoms with Crippen LogP contribution in [0.5, 0.6) is 17.2 Å². The summed E-state index contributed by atoms with van der Waals surface area (Å²) in [7, 11) is 1.30. The highest BCUT2D eigenvalue weighted by Crippen LogP contribution is 2.39. The van der Waals surface area contributed by atoms with E-state index in [1.165, 1.54) is 43.5 Å². The van der Waals surface area contributed by atoms with Crippen molar-refractivity contribution in [2.24, 2.45) is 0 Å². The summed E-state index contributed by atoms with van der Waals surface area (Å²) in [5.74, 6) is -1.99. The van der Waals surface area contributed by atoms with Crippen LogP contribution in [0, 0.1) is 27.2 Å². The van der Waals surface area contributed by atoms with Crippen LogP contribution in [0.1, 0.15) is 11.1 Å². The number of urea groups is 1. The normalized spacial score (nSPS) is 14.3. The summed E-state index contributed by atoms with van der Waals surface area (Å²) in [5, 5.41) is 24.8. The van der Waals surface area contributed by atoms with Gasteiger partial charge in [0, 0.05) is 11.1 Å². The molecule has 1 fully saturated rings. The van der Waals surface area contributed by atoms with E-state index in [0.29, 0.717) is 10.6 Å². The SMILES string of the molecule is COc1cc(/C=C2\C(=O)NC(=O)N(c3ccc(C)c(Cl)c3)C2=O)ccc1Oc1ccc([N+](=O)[O-])cc1[N+](=O)[O-]. The van der Waals surface area contributed by atoms with E-state index in [9.17, 15) is 34.6 Å². The van der Waals surface area contributed by atoms with Crippen LogP contribution in [0.15, 0.2) is 60.2 Å². The van der Waals surface area contributed by atoms with E-state index in [-0.39, 0.29) is 28.5 Å². The van der Waals surface area contributed by atoms with E-state index in [0.717, 1.165) is 28.7 Å². The summed E-state index contributed by atoms with van der Waals surface area (Å²) in [5.41, 5.74) is -0.287. The Kier molecular flexibility index (Phi) is 7.27. The van der Waals surface area contributed by atoms with Crippen LogP contribution in [0.25, 0.3) is 6.08 Å². The van der Waals surface area contributed by atoms with E-state index in [1.807, 2.05) is 0 Å². The Labute approximate surface area is 224 Å². The predicted octanol–water partition coefficient (Wildman–Crippen LogP) is 4.93. The number of benzene rings is 3. The molecular formula is C25H17ClN4O9. The first-order chi connectivity index (χ1) is 18.5. The lowest BCUT2D eigenvalue weighted by molar-refractivity contribution is -0.394.